The highest BCUT2D eigenvalue weighted by molar-refractivity contribution is 9.10. The van der Waals surface area contributed by atoms with Crippen molar-refractivity contribution in [2.75, 3.05) is 13.2 Å². The number of benzene rings is 1. The molecule has 0 aliphatic heterocycles. The molecular weight excluding hydrogens is 320 g/mol. The van der Waals surface area contributed by atoms with Crippen LogP contribution >= 0.6 is 15.9 Å². The number of nitrogens with one attached hydrogen (secondary N) is 2. The van der Waals surface area contributed by atoms with Crippen molar-refractivity contribution in [3.05, 3.63) is 28.7 Å². The van der Waals surface area contributed by atoms with Gasteiger partial charge in [-0.3, -0.25) is 0 Å². The Morgan fingerprint density at radius 3 is 2.85 bits per heavy atom. The van der Waals surface area contributed by atoms with Crippen LogP contribution in [0.1, 0.15) is 32.1 Å². The molecular formula is C15H21BrN2O2. The van der Waals surface area contributed by atoms with E-state index in [0.717, 1.165) is 23.1 Å². The number of ether oxygens (including phenoxy) is 1. The third-order valence-electron chi connectivity index (χ3n) is 3.39. The lowest BCUT2D eigenvalue weighted by Crippen LogP contribution is -2.44. The largest absolute Gasteiger partial charge is 0.492 e. The minimum atomic E-state index is -0.0882. The van der Waals surface area contributed by atoms with Crippen LogP contribution in [-0.4, -0.2) is 25.2 Å². The molecule has 1 aliphatic carbocycles. The molecule has 2 N–H and O–H groups in total. The van der Waals surface area contributed by atoms with E-state index in [1.807, 2.05) is 24.3 Å². The van der Waals surface area contributed by atoms with E-state index in [1.54, 1.807) is 0 Å². The summed E-state index contributed by atoms with van der Waals surface area (Å²) in [6.07, 6.45) is 5.93. The van der Waals surface area contributed by atoms with E-state index in [4.69, 9.17) is 4.74 Å². The van der Waals surface area contributed by atoms with E-state index in [1.165, 1.54) is 19.3 Å². The summed E-state index contributed by atoms with van der Waals surface area (Å²) in [7, 11) is 0. The Kier molecular flexibility index (Phi) is 6.18. The maximum absolute atomic E-state index is 11.7. The van der Waals surface area contributed by atoms with E-state index in [9.17, 15) is 4.79 Å². The van der Waals surface area contributed by atoms with Gasteiger partial charge in [0.2, 0.25) is 0 Å². The molecule has 5 heteroatoms. The fourth-order valence-electron chi connectivity index (χ4n) is 2.37. The second kappa shape index (κ2) is 8.15. The topological polar surface area (TPSA) is 50.4 Å². The zero-order valence-corrected chi connectivity index (χ0v) is 13.1. The van der Waals surface area contributed by atoms with Gasteiger partial charge in [-0.1, -0.05) is 41.3 Å². The molecule has 1 aromatic carbocycles. The molecule has 0 saturated heterocycles. The summed E-state index contributed by atoms with van der Waals surface area (Å²) in [5.74, 6) is 0.800. The first kappa shape index (κ1) is 15.2. The highest BCUT2D eigenvalue weighted by Crippen LogP contribution is 2.18. The molecule has 2 rings (SSSR count). The molecule has 0 radical (unpaired) electrons. The number of hydrogen-bond acceptors (Lipinski definition) is 2. The number of rotatable bonds is 5. The summed E-state index contributed by atoms with van der Waals surface area (Å²) in [5, 5.41) is 5.84. The van der Waals surface area contributed by atoms with Crippen LogP contribution in [0.15, 0.2) is 28.7 Å². The van der Waals surface area contributed by atoms with Gasteiger partial charge in [0, 0.05) is 10.5 Å². The van der Waals surface area contributed by atoms with Crippen LogP contribution < -0.4 is 15.4 Å². The average molecular weight is 341 g/mol. The number of carbonyl (C=O) groups excluding carboxylic acids is 1. The van der Waals surface area contributed by atoms with Gasteiger partial charge in [-0.15, -0.1) is 0 Å². The highest BCUT2D eigenvalue weighted by atomic mass is 79.9. The van der Waals surface area contributed by atoms with Crippen LogP contribution in [0.25, 0.3) is 0 Å². The minimum Gasteiger partial charge on any atom is -0.492 e. The van der Waals surface area contributed by atoms with Crippen molar-refractivity contribution in [1.82, 2.24) is 10.6 Å². The van der Waals surface area contributed by atoms with Gasteiger partial charge < -0.3 is 15.4 Å². The molecule has 0 aromatic heterocycles. The summed E-state index contributed by atoms with van der Waals surface area (Å²) in [4.78, 5) is 11.7. The van der Waals surface area contributed by atoms with Crippen molar-refractivity contribution in [2.24, 2.45) is 0 Å². The molecule has 1 aromatic rings. The summed E-state index contributed by atoms with van der Waals surface area (Å²) >= 11 is 3.39. The Morgan fingerprint density at radius 1 is 1.30 bits per heavy atom. The molecule has 0 bridgehead atoms. The van der Waals surface area contributed by atoms with Gasteiger partial charge in [0.25, 0.3) is 0 Å². The summed E-state index contributed by atoms with van der Waals surface area (Å²) in [6, 6.07) is 7.92. The Hall–Kier alpha value is -1.23. The zero-order valence-electron chi connectivity index (χ0n) is 11.5. The standard InChI is InChI=1S/C15H21BrN2O2/c16-12-5-4-8-14(11-12)20-10-9-17-15(19)18-13-6-2-1-3-7-13/h4-5,8,11,13H,1-3,6-7,9-10H2,(H2,17,18,19). The third kappa shape index (κ3) is 5.41. The number of hydrogen-bond donors (Lipinski definition) is 2. The number of carbonyl (C=O) groups is 1. The van der Waals surface area contributed by atoms with Gasteiger partial charge in [-0.25, -0.2) is 4.79 Å². The lowest BCUT2D eigenvalue weighted by atomic mass is 9.96. The van der Waals surface area contributed by atoms with E-state index < -0.39 is 0 Å². The second-order valence-electron chi connectivity index (χ2n) is 5.04. The van der Waals surface area contributed by atoms with Crippen LogP contribution in [-0.2, 0) is 0 Å². The molecule has 0 heterocycles. The molecule has 0 atom stereocenters. The second-order valence-corrected chi connectivity index (χ2v) is 5.96. The zero-order chi connectivity index (χ0) is 14.2. The quantitative estimate of drug-likeness (QED) is 0.806. The summed E-state index contributed by atoms with van der Waals surface area (Å²) < 4.78 is 6.54. The molecule has 0 unspecified atom stereocenters. The van der Waals surface area contributed by atoms with E-state index >= 15 is 0 Å². The molecule has 1 fully saturated rings. The van der Waals surface area contributed by atoms with E-state index in [2.05, 4.69) is 26.6 Å². The van der Waals surface area contributed by atoms with Crippen LogP contribution in [0.2, 0.25) is 0 Å². The van der Waals surface area contributed by atoms with Gasteiger partial charge in [-0.05, 0) is 31.0 Å². The van der Waals surface area contributed by atoms with E-state index in [0.29, 0.717) is 19.2 Å². The number of urea groups is 1. The monoisotopic (exact) mass is 340 g/mol. The first-order valence-corrected chi connectivity index (χ1v) is 7.96. The van der Waals surface area contributed by atoms with Gasteiger partial charge in [-0.2, -0.15) is 0 Å². The fraction of sp³-hybridized carbons (Fsp3) is 0.533. The SMILES string of the molecule is O=C(NCCOc1cccc(Br)c1)NC1CCCCC1. The molecule has 1 saturated carbocycles. The molecule has 20 heavy (non-hydrogen) atoms. The van der Waals surface area contributed by atoms with Crippen LogP contribution in [0.5, 0.6) is 5.75 Å². The summed E-state index contributed by atoms with van der Waals surface area (Å²) in [5.41, 5.74) is 0. The molecule has 2 amide bonds. The van der Waals surface area contributed by atoms with Crippen LogP contribution in [0.4, 0.5) is 4.79 Å². The molecule has 110 valence electrons. The van der Waals surface area contributed by atoms with Crippen molar-refractivity contribution in [3.8, 4) is 5.75 Å². The first-order chi connectivity index (χ1) is 9.74. The average Bonchev–Trinajstić information content (AvgIpc) is 2.45. The van der Waals surface area contributed by atoms with Gasteiger partial charge in [0.15, 0.2) is 0 Å². The molecule has 1 aliphatic rings. The predicted octanol–water partition coefficient (Wildman–Crippen LogP) is 3.46. The van der Waals surface area contributed by atoms with Crippen LogP contribution in [0.3, 0.4) is 0 Å². The van der Waals surface area contributed by atoms with Gasteiger partial charge in [0.05, 0.1) is 6.54 Å². The number of halogens is 1. The lowest BCUT2D eigenvalue weighted by Gasteiger charge is -2.22. The van der Waals surface area contributed by atoms with Crippen molar-refractivity contribution < 1.29 is 9.53 Å². The van der Waals surface area contributed by atoms with Crippen molar-refractivity contribution in [2.45, 2.75) is 38.1 Å². The van der Waals surface area contributed by atoms with Gasteiger partial charge >= 0.3 is 6.03 Å². The molecule has 4 nitrogen and oxygen atoms in total. The summed E-state index contributed by atoms with van der Waals surface area (Å²) in [6.45, 7) is 0.972. The third-order valence-corrected chi connectivity index (χ3v) is 3.89. The lowest BCUT2D eigenvalue weighted by molar-refractivity contribution is 0.228. The predicted molar refractivity (Wildman–Crippen MR) is 83.0 cm³/mol. The maximum Gasteiger partial charge on any atom is 0.315 e. The Balaban J connectivity index is 1.59. The van der Waals surface area contributed by atoms with Crippen molar-refractivity contribution >= 4 is 22.0 Å². The Morgan fingerprint density at radius 2 is 2.10 bits per heavy atom. The Labute approximate surface area is 128 Å². The van der Waals surface area contributed by atoms with E-state index in [-0.39, 0.29) is 6.03 Å². The maximum atomic E-state index is 11.7. The highest BCUT2D eigenvalue weighted by Gasteiger charge is 2.14. The number of amides is 2. The van der Waals surface area contributed by atoms with Crippen molar-refractivity contribution in [1.29, 1.82) is 0 Å². The Bertz CT molecular complexity index is 434. The minimum absolute atomic E-state index is 0.0882. The smallest absolute Gasteiger partial charge is 0.315 e. The normalized spacial score (nSPS) is 15.7. The van der Waals surface area contributed by atoms with Gasteiger partial charge in [0.1, 0.15) is 12.4 Å². The van der Waals surface area contributed by atoms with Crippen molar-refractivity contribution in [3.63, 3.8) is 0 Å². The fourth-order valence-corrected chi connectivity index (χ4v) is 2.75. The van der Waals surface area contributed by atoms with Crippen LogP contribution in [0, 0.1) is 0 Å². The first-order valence-electron chi connectivity index (χ1n) is 7.17. The molecule has 0 spiro atoms.